The second-order valence-corrected chi connectivity index (χ2v) is 2.43. The van der Waals surface area contributed by atoms with Crippen LogP contribution in [0.25, 0.3) is 0 Å². The van der Waals surface area contributed by atoms with E-state index in [-0.39, 0.29) is 0 Å². The lowest BCUT2D eigenvalue weighted by atomic mass is 10.2. The van der Waals surface area contributed by atoms with E-state index >= 15 is 0 Å². The SMILES string of the molecule is Nc1nc(C(=O)O)ccc1C(F)(F)F. The van der Waals surface area contributed by atoms with E-state index in [2.05, 4.69) is 4.98 Å². The summed E-state index contributed by atoms with van der Waals surface area (Å²) in [5.74, 6) is -2.26. The van der Waals surface area contributed by atoms with Gasteiger partial charge in [0, 0.05) is 0 Å². The van der Waals surface area contributed by atoms with Gasteiger partial charge in [0.25, 0.3) is 0 Å². The van der Waals surface area contributed by atoms with Crippen LogP contribution in [0.1, 0.15) is 16.1 Å². The number of nitrogen functional groups attached to an aromatic ring is 1. The van der Waals surface area contributed by atoms with E-state index < -0.39 is 29.2 Å². The molecular formula is C7H5F3N2O2. The number of aromatic carboxylic acids is 1. The van der Waals surface area contributed by atoms with Crippen molar-refractivity contribution in [3.8, 4) is 0 Å². The minimum atomic E-state index is -4.62. The summed E-state index contributed by atoms with van der Waals surface area (Å²) in [7, 11) is 0. The molecular weight excluding hydrogens is 201 g/mol. The number of rotatable bonds is 1. The van der Waals surface area contributed by atoms with Gasteiger partial charge in [-0.1, -0.05) is 0 Å². The zero-order chi connectivity index (χ0) is 10.9. The number of alkyl halides is 3. The fraction of sp³-hybridized carbons (Fsp3) is 0.143. The number of carboxylic acid groups (broad SMARTS) is 1. The first-order valence-corrected chi connectivity index (χ1v) is 3.39. The zero-order valence-corrected chi connectivity index (χ0v) is 6.67. The van der Waals surface area contributed by atoms with Crippen LogP contribution in [0.5, 0.6) is 0 Å². The van der Waals surface area contributed by atoms with Crippen LogP contribution in [0, 0.1) is 0 Å². The molecule has 0 aliphatic heterocycles. The Kier molecular flexibility index (Phi) is 2.33. The average Bonchev–Trinajstić information content (AvgIpc) is 2.01. The Bertz CT molecular complexity index is 376. The first-order chi connectivity index (χ1) is 6.32. The fourth-order valence-electron chi connectivity index (χ4n) is 0.834. The monoisotopic (exact) mass is 206 g/mol. The highest BCUT2D eigenvalue weighted by Gasteiger charge is 2.33. The highest BCUT2D eigenvalue weighted by atomic mass is 19.4. The molecule has 1 aromatic heterocycles. The molecule has 0 spiro atoms. The molecule has 0 aliphatic rings. The number of hydrogen-bond acceptors (Lipinski definition) is 3. The first-order valence-electron chi connectivity index (χ1n) is 3.39. The molecule has 0 fully saturated rings. The predicted molar refractivity (Wildman–Crippen MR) is 40.6 cm³/mol. The van der Waals surface area contributed by atoms with Gasteiger partial charge in [0.15, 0.2) is 5.69 Å². The average molecular weight is 206 g/mol. The van der Waals surface area contributed by atoms with Crippen LogP contribution in [-0.4, -0.2) is 16.1 Å². The van der Waals surface area contributed by atoms with Crippen LogP contribution >= 0.6 is 0 Å². The lowest BCUT2D eigenvalue weighted by Crippen LogP contribution is -2.12. The van der Waals surface area contributed by atoms with Gasteiger partial charge in [0.2, 0.25) is 0 Å². The van der Waals surface area contributed by atoms with Crippen LogP contribution in [0.15, 0.2) is 12.1 Å². The van der Waals surface area contributed by atoms with E-state index in [1.54, 1.807) is 0 Å². The number of halogens is 3. The zero-order valence-electron chi connectivity index (χ0n) is 6.67. The summed E-state index contributed by atoms with van der Waals surface area (Å²) >= 11 is 0. The molecule has 0 aromatic carbocycles. The molecule has 14 heavy (non-hydrogen) atoms. The van der Waals surface area contributed by atoms with Gasteiger partial charge in [-0.3, -0.25) is 0 Å². The number of nitrogens with two attached hydrogens (primary N) is 1. The predicted octanol–water partition coefficient (Wildman–Crippen LogP) is 1.38. The van der Waals surface area contributed by atoms with Gasteiger partial charge in [-0.25, -0.2) is 9.78 Å². The summed E-state index contributed by atoms with van der Waals surface area (Å²) in [5, 5.41) is 8.40. The van der Waals surface area contributed by atoms with Gasteiger partial charge in [-0.15, -0.1) is 0 Å². The number of hydrogen-bond donors (Lipinski definition) is 2. The normalized spacial score (nSPS) is 11.4. The van der Waals surface area contributed by atoms with E-state index in [9.17, 15) is 18.0 Å². The van der Waals surface area contributed by atoms with Crippen LogP contribution < -0.4 is 5.73 Å². The Balaban J connectivity index is 3.21. The third kappa shape index (κ3) is 1.93. The molecule has 1 rings (SSSR count). The van der Waals surface area contributed by atoms with Gasteiger partial charge in [-0.2, -0.15) is 13.2 Å². The van der Waals surface area contributed by atoms with Crippen molar-refractivity contribution in [3.05, 3.63) is 23.4 Å². The van der Waals surface area contributed by atoms with Gasteiger partial charge >= 0.3 is 12.1 Å². The second-order valence-electron chi connectivity index (χ2n) is 2.43. The Morgan fingerprint density at radius 2 is 2.00 bits per heavy atom. The maximum atomic E-state index is 12.1. The second kappa shape index (κ2) is 3.17. The maximum absolute atomic E-state index is 12.1. The highest BCUT2D eigenvalue weighted by Crippen LogP contribution is 2.32. The molecule has 0 saturated heterocycles. The van der Waals surface area contributed by atoms with Crippen molar-refractivity contribution >= 4 is 11.8 Å². The molecule has 1 aromatic rings. The Hall–Kier alpha value is -1.79. The van der Waals surface area contributed by atoms with Crippen LogP contribution in [0.2, 0.25) is 0 Å². The molecule has 7 heteroatoms. The third-order valence-electron chi connectivity index (χ3n) is 1.45. The van der Waals surface area contributed by atoms with Crippen LogP contribution in [0.3, 0.4) is 0 Å². The van der Waals surface area contributed by atoms with E-state index in [0.717, 1.165) is 6.07 Å². The van der Waals surface area contributed by atoms with E-state index in [1.165, 1.54) is 0 Å². The first kappa shape index (κ1) is 10.3. The third-order valence-corrected chi connectivity index (χ3v) is 1.45. The molecule has 0 aliphatic carbocycles. The number of nitrogens with zero attached hydrogens (tertiary/aromatic N) is 1. The largest absolute Gasteiger partial charge is 0.477 e. The topological polar surface area (TPSA) is 76.2 Å². The Labute approximate surface area is 76.2 Å². The lowest BCUT2D eigenvalue weighted by Gasteiger charge is -2.08. The summed E-state index contributed by atoms with van der Waals surface area (Å²) in [6, 6.07) is 1.34. The smallest absolute Gasteiger partial charge is 0.419 e. The summed E-state index contributed by atoms with van der Waals surface area (Å²) < 4.78 is 36.3. The van der Waals surface area contributed by atoms with E-state index in [1.807, 2.05) is 0 Å². The Morgan fingerprint density at radius 1 is 1.43 bits per heavy atom. The van der Waals surface area contributed by atoms with Crippen molar-refractivity contribution < 1.29 is 23.1 Å². The van der Waals surface area contributed by atoms with Gasteiger partial charge in [0.05, 0.1) is 5.56 Å². The number of pyridine rings is 1. The van der Waals surface area contributed by atoms with Gasteiger partial charge in [-0.05, 0) is 12.1 Å². The fourth-order valence-corrected chi connectivity index (χ4v) is 0.834. The van der Waals surface area contributed by atoms with Crippen LogP contribution in [0.4, 0.5) is 19.0 Å². The molecule has 0 unspecified atom stereocenters. The highest BCUT2D eigenvalue weighted by molar-refractivity contribution is 5.85. The summed E-state index contributed by atoms with van der Waals surface area (Å²) in [6.45, 7) is 0. The number of carbonyl (C=O) groups is 1. The molecule has 0 saturated carbocycles. The maximum Gasteiger partial charge on any atom is 0.419 e. The number of aromatic nitrogens is 1. The minimum Gasteiger partial charge on any atom is -0.477 e. The molecule has 0 amide bonds. The molecule has 1 heterocycles. The van der Waals surface area contributed by atoms with Crippen molar-refractivity contribution in [2.75, 3.05) is 5.73 Å². The van der Waals surface area contributed by atoms with Crippen molar-refractivity contribution in [1.82, 2.24) is 4.98 Å². The van der Waals surface area contributed by atoms with E-state index in [0.29, 0.717) is 6.07 Å². The van der Waals surface area contributed by atoms with Crippen LogP contribution in [-0.2, 0) is 6.18 Å². The van der Waals surface area contributed by atoms with Gasteiger partial charge < -0.3 is 10.8 Å². The molecule has 0 atom stereocenters. The molecule has 3 N–H and O–H groups in total. The standard InChI is InChI=1S/C7H5F3N2O2/c8-7(9,10)3-1-2-4(6(13)14)12-5(3)11/h1-2H,(H2,11,12)(H,13,14). The minimum absolute atomic E-state index is 0.518. The number of carboxylic acids is 1. The molecule has 4 nitrogen and oxygen atoms in total. The molecule has 0 radical (unpaired) electrons. The lowest BCUT2D eigenvalue weighted by molar-refractivity contribution is -0.137. The van der Waals surface area contributed by atoms with Crippen molar-refractivity contribution in [3.63, 3.8) is 0 Å². The van der Waals surface area contributed by atoms with E-state index in [4.69, 9.17) is 10.8 Å². The van der Waals surface area contributed by atoms with Crippen molar-refractivity contribution in [2.45, 2.75) is 6.18 Å². The van der Waals surface area contributed by atoms with Crippen molar-refractivity contribution in [1.29, 1.82) is 0 Å². The summed E-state index contributed by atoms with van der Waals surface area (Å²) in [6.07, 6.45) is -4.62. The molecule has 76 valence electrons. The summed E-state index contributed by atoms with van der Waals surface area (Å²) in [5.41, 5.74) is 3.30. The Morgan fingerprint density at radius 3 is 2.36 bits per heavy atom. The number of anilines is 1. The quantitative estimate of drug-likeness (QED) is 0.727. The van der Waals surface area contributed by atoms with Crippen molar-refractivity contribution in [2.24, 2.45) is 0 Å². The summed E-state index contributed by atoms with van der Waals surface area (Å²) in [4.78, 5) is 13.4. The van der Waals surface area contributed by atoms with Gasteiger partial charge in [0.1, 0.15) is 5.82 Å². The molecule has 0 bridgehead atoms.